The molecule has 0 saturated heterocycles. The molecule has 2 rings (SSSR count). The van der Waals surface area contributed by atoms with Gasteiger partial charge in [0.1, 0.15) is 11.5 Å². The molecule has 0 N–H and O–H groups in total. The van der Waals surface area contributed by atoms with Gasteiger partial charge in [0.25, 0.3) is 0 Å². The topological polar surface area (TPSA) is 61.8 Å². The molecule has 7 heteroatoms. The van der Waals surface area contributed by atoms with Crippen LogP contribution < -0.4 is 9.47 Å². The number of aryl methyl sites for hydroxylation is 2. The van der Waals surface area contributed by atoms with E-state index in [0.29, 0.717) is 11.5 Å². The maximum Gasteiger partial charge on any atom is 0.335 e. The van der Waals surface area contributed by atoms with Crippen LogP contribution in [0.5, 0.6) is 11.5 Å². The van der Waals surface area contributed by atoms with Crippen LogP contribution in [0.3, 0.4) is 0 Å². The van der Waals surface area contributed by atoms with Gasteiger partial charge in [-0.3, -0.25) is 0 Å². The summed E-state index contributed by atoms with van der Waals surface area (Å²) in [6.07, 6.45) is 5.99. The SMILES string of the molecule is C=CC(=O)Oc1ccccc1CCC[Si](C)(C)O[Si](C)(C)CCCc1ccccc1OC(=O)C=C. The highest BCUT2D eigenvalue weighted by Crippen LogP contribution is 2.28. The Hall–Kier alpha value is -2.75. The molecular formula is C28H38O5Si2. The fourth-order valence-corrected chi connectivity index (χ4v) is 13.0. The Bertz CT molecular complexity index is 948. The zero-order chi connectivity index (χ0) is 25.9. The van der Waals surface area contributed by atoms with Gasteiger partial charge in [-0.05, 0) is 87.2 Å². The van der Waals surface area contributed by atoms with E-state index in [1.54, 1.807) is 0 Å². The van der Waals surface area contributed by atoms with E-state index in [1.165, 1.54) is 12.2 Å². The quantitative estimate of drug-likeness (QED) is 0.120. The lowest BCUT2D eigenvalue weighted by Gasteiger charge is -2.34. The third-order valence-corrected chi connectivity index (χ3v) is 13.2. The normalized spacial score (nSPS) is 11.5. The van der Waals surface area contributed by atoms with Crippen LogP contribution in [0.4, 0.5) is 0 Å². The average Bonchev–Trinajstić information content (AvgIpc) is 2.80. The van der Waals surface area contributed by atoms with Crippen LogP contribution in [0.1, 0.15) is 24.0 Å². The number of carbonyl (C=O) groups excluding carboxylic acids is 2. The molecule has 0 fully saturated rings. The summed E-state index contributed by atoms with van der Waals surface area (Å²) < 4.78 is 17.6. The predicted molar refractivity (Wildman–Crippen MR) is 147 cm³/mol. The van der Waals surface area contributed by atoms with Gasteiger partial charge in [0.2, 0.25) is 0 Å². The van der Waals surface area contributed by atoms with E-state index >= 15 is 0 Å². The van der Waals surface area contributed by atoms with E-state index in [-0.39, 0.29) is 0 Å². The van der Waals surface area contributed by atoms with Crippen molar-refractivity contribution in [1.82, 2.24) is 0 Å². The van der Waals surface area contributed by atoms with Gasteiger partial charge < -0.3 is 13.6 Å². The lowest BCUT2D eigenvalue weighted by atomic mass is 10.1. The summed E-state index contributed by atoms with van der Waals surface area (Å²) in [6.45, 7) is 16.1. The highest BCUT2D eigenvalue weighted by Gasteiger charge is 2.32. The summed E-state index contributed by atoms with van der Waals surface area (Å²) in [6, 6.07) is 17.4. The Balaban J connectivity index is 1.86. The van der Waals surface area contributed by atoms with Crippen molar-refractivity contribution in [2.24, 2.45) is 0 Å². The molecule has 0 aliphatic heterocycles. The number of benzene rings is 2. The van der Waals surface area contributed by atoms with Gasteiger partial charge in [0.15, 0.2) is 16.6 Å². The van der Waals surface area contributed by atoms with Crippen molar-refractivity contribution in [2.75, 3.05) is 0 Å². The second-order valence-electron chi connectivity index (χ2n) is 9.79. The van der Waals surface area contributed by atoms with Crippen molar-refractivity contribution >= 4 is 28.6 Å². The maximum absolute atomic E-state index is 11.6. The second kappa shape index (κ2) is 13.4. The number of hydrogen-bond acceptors (Lipinski definition) is 5. The summed E-state index contributed by atoms with van der Waals surface area (Å²) in [4.78, 5) is 23.2. The maximum atomic E-state index is 11.6. The van der Waals surface area contributed by atoms with Crippen LogP contribution in [0.2, 0.25) is 38.3 Å². The van der Waals surface area contributed by atoms with Gasteiger partial charge >= 0.3 is 11.9 Å². The smallest absolute Gasteiger partial charge is 0.335 e. The van der Waals surface area contributed by atoms with Crippen LogP contribution in [0.15, 0.2) is 73.8 Å². The van der Waals surface area contributed by atoms with E-state index in [1.807, 2.05) is 48.5 Å². The molecule has 0 aliphatic carbocycles. The lowest BCUT2D eigenvalue weighted by Crippen LogP contribution is -2.44. The highest BCUT2D eigenvalue weighted by molar-refractivity contribution is 6.84. The van der Waals surface area contributed by atoms with Crippen molar-refractivity contribution < 1.29 is 23.2 Å². The Morgan fingerprint density at radius 3 is 1.46 bits per heavy atom. The highest BCUT2D eigenvalue weighted by atomic mass is 28.4. The van der Waals surface area contributed by atoms with Crippen molar-refractivity contribution in [3.8, 4) is 11.5 Å². The van der Waals surface area contributed by atoms with E-state index < -0.39 is 28.6 Å². The minimum atomic E-state index is -1.86. The van der Waals surface area contributed by atoms with Crippen LogP contribution in [-0.2, 0) is 26.5 Å². The summed E-state index contributed by atoms with van der Waals surface area (Å²) in [5.74, 6) is 0.326. The van der Waals surface area contributed by atoms with E-state index in [9.17, 15) is 9.59 Å². The molecule has 0 aromatic heterocycles. The number of carbonyl (C=O) groups is 2. The number of para-hydroxylation sites is 2. The van der Waals surface area contributed by atoms with Crippen molar-refractivity contribution in [3.05, 3.63) is 85.0 Å². The number of ether oxygens (including phenoxy) is 2. The van der Waals surface area contributed by atoms with Gasteiger partial charge in [0.05, 0.1) is 0 Å². The van der Waals surface area contributed by atoms with E-state index in [0.717, 1.165) is 48.9 Å². The molecule has 5 nitrogen and oxygen atoms in total. The second-order valence-corrected chi connectivity index (χ2v) is 18.6. The minimum absolute atomic E-state index is 0.440. The zero-order valence-electron chi connectivity index (χ0n) is 21.5. The van der Waals surface area contributed by atoms with Crippen LogP contribution in [0.25, 0.3) is 0 Å². The molecule has 0 unspecified atom stereocenters. The Kier molecular flexibility index (Phi) is 10.9. The average molecular weight is 511 g/mol. The zero-order valence-corrected chi connectivity index (χ0v) is 23.5. The molecular weight excluding hydrogens is 472 g/mol. The van der Waals surface area contributed by atoms with Crippen molar-refractivity contribution in [3.63, 3.8) is 0 Å². The molecule has 2 aromatic rings. The van der Waals surface area contributed by atoms with E-state index in [4.69, 9.17) is 13.6 Å². The Morgan fingerprint density at radius 1 is 0.714 bits per heavy atom. The van der Waals surface area contributed by atoms with Crippen molar-refractivity contribution in [1.29, 1.82) is 0 Å². The molecule has 0 heterocycles. The molecule has 0 amide bonds. The largest absolute Gasteiger partial charge is 0.455 e. The summed E-state index contributed by atoms with van der Waals surface area (Å²) >= 11 is 0. The molecule has 0 bridgehead atoms. The number of hydrogen-bond donors (Lipinski definition) is 0. The van der Waals surface area contributed by atoms with Crippen LogP contribution in [-0.4, -0.2) is 28.6 Å². The Labute approximate surface area is 212 Å². The fraction of sp³-hybridized carbons (Fsp3) is 0.357. The molecule has 0 aliphatic rings. The molecule has 188 valence electrons. The van der Waals surface area contributed by atoms with Gasteiger partial charge in [-0.25, -0.2) is 9.59 Å². The minimum Gasteiger partial charge on any atom is -0.455 e. The van der Waals surface area contributed by atoms with Gasteiger partial charge in [-0.15, -0.1) is 0 Å². The monoisotopic (exact) mass is 510 g/mol. The summed E-state index contributed by atoms with van der Waals surface area (Å²) in [5, 5.41) is 0. The van der Waals surface area contributed by atoms with Gasteiger partial charge in [-0.2, -0.15) is 0 Å². The summed E-state index contributed by atoms with van der Waals surface area (Å²) in [7, 11) is -3.72. The number of esters is 2. The van der Waals surface area contributed by atoms with Crippen LogP contribution in [0, 0.1) is 0 Å². The molecule has 0 radical (unpaired) electrons. The predicted octanol–water partition coefficient (Wildman–Crippen LogP) is 6.86. The molecule has 0 atom stereocenters. The lowest BCUT2D eigenvalue weighted by molar-refractivity contribution is -0.129. The first kappa shape index (κ1) is 28.5. The molecule has 0 spiro atoms. The first-order valence-electron chi connectivity index (χ1n) is 12.1. The first-order chi connectivity index (χ1) is 16.5. The van der Waals surface area contributed by atoms with Gasteiger partial charge in [0, 0.05) is 12.2 Å². The van der Waals surface area contributed by atoms with E-state index in [2.05, 4.69) is 39.3 Å². The third kappa shape index (κ3) is 10.2. The summed E-state index contributed by atoms with van der Waals surface area (Å²) in [5.41, 5.74) is 2.06. The first-order valence-corrected chi connectivity index (χ1v) is 18.3. The number of rotatable bonds is 14. The molecule has 0 saturated carbocycles. The fourth-order valence-electron chi connectivity index (χ4n) is 4.18. The standard InChI is InChI=1S/C28H38O5Si2/c1-7-27(29)31-25-19-11-9-15-23(25)17-13-21-34(3,4)33-35(5,6)22-14-18-24-16-10-12-20-26(24)32-28(30)8-2/h7-12,15-16,19-20H,1-2,13-14,17-18,21-22H2,3-6H3. The van der Waals surface area contributed by atoms with Crippen LogP contribution >= 0.6 is 0 Å². The Morgan fingerprint density at radius 2 is 1.09 bits per heavy atom. The third-order valence-electron chi connectivity index (χ3n) is 5.70. The van der Waals surface area contributed by atoms with Crippen molar-refractivity contribution in [2.45, 2.75) is 64.0 Å². The molecule has 2 aromatic carbocycles. The molecule has 35 heavy (non-hydrogen) atoms. The van der Waals surface area contributed by atoms with Gasteiger partial charge in [-0.1, -0.05) is 49.6 Å².